The van der Waals surface area contributed by atoms with Gasteiger partial charge in [-0.1, -0.05) is 13.8 Å². The Morgan fingerprint density at radius 3 is 2.52 bits per heavy atom. The van der Waals surface area contributed by atoms with E-state index in [9.17, 15) is 9.59 Å². The molecule has 5 heteroatoms. The fourth-order valence-corrected chi connectivity index (χ4v) is 2.51. The summed E-state index contributed by atoms with van der Waals surface area (Å²) in [5, 5.41) is 2.97. The third-order valence-corrected chi connectivity index (χ3v) is 4.09. The molecule has 0 saturated heterocycles. The highest BCUT2D eigenvalue weighted by Crippen LogP contribution is 2.19. The molecule has 5 nitrogen and oxygen atoms in total. The molecule has 0 spiro atoms. The molecule has 0 radical (unpaired) electrons. The van der Waals surface area contributed by atoms with Gasteiger partial charge in [0.25, 0.3) is 5.91 Å². The largest absolute Gasteiger partial charge is 0.466 e. The van der Waals surface area contributed by atoms with Gasteiger partial charge >= 0.3 is 0 Å². The van der Waals surface area contributed by atoms with Gasteiger partial charge in [0, 0.05) is 25.6 Å². The van der Waals surface area contributed by atoms with Crippen LogP contribution in [0.2, 0.25) is 0 Å². The molecule has 1 aromatic rings. The molecule has 0 bridgehead atoms. The fraction of sp³-hybridized carbons (Fsp3) is 0.667. The molecule has 1 heterocycles. The molecule has 0 aliphatic heterocycles. The van der Waals surface area contributed by atoms with Gasteiger partial charge in [-0.15, -0.1) is 0 Å². The van der Waals surface area contributed by atoms with Gasteiger partial charge in [0.1, 0.15) is 11.5 Å². The maximum absolute atomic E-state index is 12.8. The summed E-state index contributed by atoms with van der Waals surface area (Å²) in [6, 6.07) is 2.14. The van der Waals surface area contributed by atoms with Crippen LogP contribution in [0.4, 0.5) is 0 Å². The molecule has 0 unspecified atom stereocenters. The molecule has 0 atom stereocenters. The first kappa shape index (κ1) is 17.6. The van der Waals surface area contributed by atoms with Crippen molar-refractivity contribution in [1.29, 1.82) is 0 Å². The Kier molecular flexibility index (Phi) is 5.85. The first-order chi connectivity index (χ1) is 10.9. The summed E-state index contributed by atoms with van der Waals surface area (Å²) in [5.41, 5.74) is 0.605. The Bertz CT molecular complexity index is 559. The minimum Gasteiger partial charge on any atom is -0.466 e. The highest BCUT2D eigenvalue weighted by Gasteiger charge is 2.25. The molecule has 128 valence electrons. The Morgan fingerprint density at radius 2 is 2.00 bits per heavy atom. The van der Waals surface area contributed by atoms with Crippen molar-refractivity contribution in [3.8, 4) is 0 Å². The molecule has 1 N–H and O–H groups in total. The minimum absolute atomic E-state index is 0.0370. The van der Waals surface area contributed by atoms with Gasteiger partial charge in [-0.05, 0) is 45.1 Å². The second-order valence-electron chi connectivity index (χ2n) is 6.89. The summed E-state index contributed by atoms with van der Waals surface area (Å²) < 4.78 is 5.47. The average molecular weight is 320 g/mol. The standard InChI is InChI=1S/C18H28N2O3/c1-12(2)7-9-20(10-8-17(21)19-15-5-6-15)18(22)16-11-13(3)23-14(16)4/h11-12,15H,5-10H2,1-4H3,(H,19,21). The van der Waals surface area contributed by atoms with Crippen LogP contribution < -0.4 is 5.32 Å². The van der Waals surface area contributed by atoms with Crippen molar-refractivity contribution < 1.29 is 14.0 Å². The van der Waals surface area contributed by atoms with Crippen molar-refractivity contribution in [2.45, 2.75) is 59.4 Å². The highest BCUT2D eigenvalue weighted by atomic mass is 16.3. The van der Waals surface area contributed by atoms with Gasteiger partial charge in [0.2, 0.25) is 5.91 Å². The molecule has 1 fully saturated rings. The number of carbonyl (C=O) groups is 2. The van der Waals surface area contributed by atoms with Crippen molar-refractivity contribution in [3.63, 3.8) is 0 Å². The third kappa shape index (κ3) is 5.41. The molecule has 0 aromatic carbocycles. The zero-order chi connectivity index (χ0) is 17.0. The van der Waals surface area contributed by atoms with Gasteiger partial charge < -0.3 is 14.6 Å². The average Bonchev–Trinajstić information content (AvgIpc) is 3.21. The number of aryl methyl sites for hydroxylation is 2. The van der Waals surface area contributed by atoms with E-state index in [1.807, 2.05) is 6.92 Å². The SMILES string of the molecule is Cc1cc(C(=O)N(CCC(=O)NC2CC2)CCC(C)C)c(C)o1. The molecule has 1 aliphatic rings. The molecule has 1 aliphatic carbocycles. The van der Waals surface area contributed by atoms with E-state index in [0.29, 0.717) is 42.8 Å². The number of hydrogen-bond donors (Lipinski definition) is 1. The number of nitrogens with one attached hydrogen (secondary N) is 1. The topological polar surface area (TPSA) is 62.6 Å². The number of rotatable bonds is 8. The zero-order valence-corrected chi connectivity index (χ0v) is 14.6. The van der Waals surface area contributed by atoms with Crippen LogP contribution >= 0.6 is 0 Å². The molecule has 23 heavy (non-hydrogen) atoms. The van der Waals surface area contributed by atoms with Gasteiger partial charge in [0.05, 0.1) is 5.56 Å². The monoisotopic (exact) mass is 320 g/mol. The van der Waals surface area contributed by atoms with Gasteiger partial charge in [-0.2, -0.15) is 0 Å². The summed E-state index contributed by atoms with van der Waals surface area (Å²) in [7, 11) is 0. The Morgan fingerprint density at radius 1 is 1.30 bits per heavy atom. The second-order valence-corrected chi connectivity index (χ2v) is 6.89. The lowest BCUT2D eigenvalue weighted by Crippen LogP contribution is -2.37. The van der Waals surface area contributed by atoms with Crippen LogP contribution in [0.15, 0.2) is 10.5 Å². The number of hydrogen-bond acceptors (Lipinski definition) is 3. The molecule has 1 aromatic heterocycles. The predicted octanol–water partition coefficient (Wildman–Crippen LogP) is 3.05. The van der Waals surface area contributed by atoms with E-state index < -0.39 is 0 Å². The number of nitrogens with zero attached hydrogens (tertiary/aromatic N) is 1. The number of amides is 2. The van der Waals surface area contributed by atoms with E-state index in [0.717, 1.165) is 25.0 Å². The number of furan rings is 1. The lowest BCUT2D eigenvalue weighted by molar-refractivity contribution is -0.121. The van der Waals surface area contributed by atoms with Crippen molar-refractivity contribution in [2.75, 3.05) is 13.1 Å². The zero-order valence-electron chi connectivity index (χ0n) is 14.6. The lowest BCUT2D eigenvalue weighted by Gasteiger charge is -2.23. The number of carbonyl (C=O) groups excluding carboxylic acids is 2. The van der Waals surface area contributed by atoms with E-state index in [2.05, 4.69) is 19.2 Å². The smallest absolute Gasteiger partial charge is 0.257 e. The van der Waals surface area contributed by atoms with Crippen LogP contribution in [0.3, 0.4) is 0 Å². The summed E-state index contributed by atoms with van der Waals surface area (Å²) in [4.78, 5) is 26.5. The fourth-order valence-electron chi connectivity index (χ4n) is 2.51. The normalized spacial score (nSPS) is 14.1. The second kappa shape index (κ2) is 7.66. The van der Waals surface area contributed by atoms with Crippen molar-refractivity contribution in [1.82, 2.24) is 10.2 Å². The maximum atomic E-state index is 12.8. The molecule has 1 saturated carbocycles. The van der Waals surface area contributed by atoms with E-state index in [1.165, 1.54) is 0 Å². The molecule has 2 amide bonds. The van der Waals surface area contributed by atoms with E-state index in [1.54, 1.807) is 17.9 Å². The predicted molar refractivity (Wildman–Crippen MR) is 89.3 cm³/mol. The van der Waals surface area contributed by atoms with Gasteiger partial charge in [-0.3, -0.25) is 9.59 Å². The highest BCUT2D eigenvalue weighted by molar-refractivity contribution is 5.95. The molecular weight excluding hydrogens is 292 g/mol. The quantitative estimate of drug-likeness (QED) is 0.801. The van der Waals surface area contributed by atoms with Crippen LogP contribution in [0.1, 0.15) is 61.4 Å². The Balaban J connectivity index is 1.98. The van der Waals surface area contributed by atoms with Crippen LogP contribution in [0, 0.1) is 19.8 Å². The van der Waals surface area contributed by atoms with Crippen molar-refractivity contribution in [2.24, 2.45) is 5.92 Å². The van der Waals surface area contributed by atoms with Crippen LogP contribution in [0.25, 0.3) is 0 Å². The van der Waals surface area contributed by atoms with Crippen LogP contribution in [0.5, 0.6) is 0 Å². The summed E-state index contributed by atoms with van der Waals surface area (Å²) in [6.07, 6.45) is 3.44. The first-order valence-electron chi connectivity index (χ1n) is 8.52. The summed E-state index contributed by atoms with van der Waals surface area (Å²) >= 11 is 0. The van der Waals surface area contributed by atoms with Crippen LogP contribution in [-0.4, -0.2) is 35.8 Å². The lowest BCUT2D eigenvalue weighted by atomic mass is 10.1. The Hall–Kier alpha value is -1.78. The third-order valence-electron chi connectivity index (χ3n) is 4.09. The van der Waals surface area contributed by atoms with Crippen molar-refractivity contribution >= 4 is 11.8 Å². The Labute approximate surface area is 138 Å². The first-order valence-corrected chi connectivity index (χ1v) is 8.52. The van der Waals surface area contributed by atoms with E-state index in [4.69, 9.17) is 4.42 Å². The van der Waals surface area contributed by atoms with E-state index >= 15 is 0 Å². The molecular formula is C18H28N2O3. The van der Waals surface area contributed by atoms with E-state index in [-0.39, 0.29) is 11.8 Å². The molecule has 2 rings (SSSR count). The summed E-state index contributed by atoms with van der Waals surface area (Å²) in [6.45, 7) is 9.03. The van der Waals surface area contributed by atoms with Gasteiger partial charge in [0.15, 0.2) is 0 Å². The van der Waals surface area contributed by atoms with Crippen molar-refractivity contribution in [3.05, 3.63) is 23.2 Å². The minimum atomic E-state index is -0.0424. The van der Waals surface area contributed by atoms with Crippen LogP contribution in [-0.2, 0) is 4.79 Å². The van der Waals surface area contributed by atoms with Gasteiger partial charge in [-0.25, -0.2) is 0 Å². The maximum Gasteiger partial charge on any atom is 0.257 e. The summed E-state index contributed by atoms with van der Waals surface area (Å²) in [5.74, 6) is 1.89.